The first-order valence-electron chi connectivity index (χ1n) is 5.44. The summed E-state index contributed by atoms with van der Waals surface area (Å²) in [4.78, 5) is 4.16. The van der Waals surface area contributed by atoms with Crippen molar-refractivity contribution in [3.05, 3.63) is 47.6 Å². The van der Waals surface area contributed by atoms with E-state index >= 15 is 0 Å². The molecule has 0 aliphatic heterocycles. The van der Waals surface area contributed by atoms with E-state index in [1.165, 1.54) is 5.56 Å². The molecule has 2 aromatic rings. The maximum Gasteiger partial charge on any atom is 0.226 e. The summed E-state index contributed by atoms with van der Waals surface area (Å²) in [6.45, 7) is 0.336. The van der Waals surface area contributed by atoms with Gasteiger partial charge in [-0.05, 0) is 18.4 Å². The third kappa shape index (κ3) is 2.90. The minimum atomic E-state index is 0.336. The summed E-state index contributed by atoms with van der Waals surface area (Å²) < 4.78 is 5.05. The molecule has 0 fully saturated rings. The molecule has 1 aromatic heterocycles. The molecule has 0 aliphatic carbocycles. The highest BCUT2D eigenvalue weighted by molar-refractivity contribution is 5.14. The molecule has 0 unspecified atom stereocenters. The third-order valence-electron chi connectivity index (χ3n) is 2.39. The highest BCUT2D eigenvalue weighted by Crippen LogP contribution is 2.06. The van der Waals surface area contributed by atoms with Crippen LogP contribution < -0.4 is 5.73 Å². The molecule has 16 heavy (non-hydrogen) atoms. The Bertz CT molecular complexity index is 425. The highest BCUT2D eigenvalue weighted by Gasteiger charge is 2.04. The predicted octanol–water partition coefficient (Wildman–Crippen LogP) is 1.70. The lowest BCUT2D eigenvalue weighted by Gasteiger charge is -1.97. The van der Waals surface area contributed by atoms with Gasteiger partial charge in [-0.1, -0.05) is 35.5 Å². The van der Waals surface area contributed by atoms with Crippen molar-refractivity contribution in [1.82, 2.24) is 10.1 Å². The van der Waals surface area contributed by atoms with Crippen molar-refractivity contribution < 1.29 is 4.52 Å². The van der Waals surface area contributed by atoms with Gasteiger partial charge >= 0.3 is 0 Å². The second-order valence-corrected chi connectivity index (χ2v) is 3.65. The SMILES string of the molecule is NCc1noc(CCCc2ccccc2)n1. The Kier molecular flexibility index (Phi) is 3.66. The first-order valence-corrected chi connectivity index (χ1v) is 5.44. The molecule has 4 nitrogen and oxygen atoms in total. The molecule has 0 atom stereocenters. The Hall–Kier alpha value is -1.68. The van der Waals surface area contributed by atoms with E-state index in [0.29, 0.717) is 18.3 Å². The maximum absolute atomic E-state index is 5.40. The van der Waals surface area contributed by atoms with Gasteiger partial charge in [0, 0.05) is 6.42 Å². The van der Waals surface area contributed by atoms with Crippen molar-refractivity contribution in [2.45, 2.75) is 25.8 Å². The van der Waals surface area contributed by atoms with E-state index in [-0.39, 0.29) is 0 Å². The van der Waals surface area contributed by atoms with Crippen LogP contribution in [0.5, 0.6) is 0 Å². The van der Waals surface area contributed by atoms with Gasteiger partial charge in [-0.3, -0.25) is 0 Å². The van der Waals surface area contributed by atoms with E-state index in [9.17, 15) is 0 Å². The zero-order valence-corrected chi connectivity index (χ0v) is 9.10. The lowest BCUT2D eigenvalue weighted by atomic mass is 10.1. The summed E-state index contributed by atoms with van der Waals surface area (Å²) in [5.74, 6) is 1.26. The normalized spacial score (nSPS) is 10.6. The molecule has 0 saturated heterocycles. The van der Waals surface area contributed by atoms with E-state index < -0.39 is 0 Å². The van der Waals surface area contributed by atoms with E-state index in [1.807, 2.05) is 6.07 Å². The van der Waals surface area contributed by atoms with Crippen LogP contribution in [0.15, 0.2) is 34.9 Å². The summed E-state index contributed by atoms with van der Waals surface area (Å²) in [5, 5.41) is 3.75. The number of aryl methyl sites for hydroxylation is 2. The molecule has 0 amide bonds. The molecular weight excluding hydrogens is 202 g/mol. The van der Waals surface area contributed by atoms with Crippen LogP contribution in [0.1, 0.15) is 23.7 Å². The van der Waals surface area contributed by atoms with Gasteiger partial charge in [0.25, 0.3) is 0 Å². The summed E-state index contributed by atoms with van der Waals surface area (Å²) in [7, 11) is 0. The van der Waals surface area contributed by atoms with Gasteiger partial charge in [0.05, 0.1) is 6.54 Å². The van der Waals surface area contributed by atoms with Crippen LogP contribution in [-0.2, 0) is 19.4 Å². The Balaban J connectivity index is 1.80. The second-order valence-electron chi connectivity index (χ2n) is 3.65. The molecule has 0 bridgehead atoms. The lowest BCUT2D eigenvalue weighted by molar-refractivity contribution is 0.370. The molecular formula is C12H15N3O. The number of nitrogens with two attached hydrogens (primary N) is 1. The van der Waals surface area contributed by atoms with Gasteiger partial charge in [0.1, 0.15) is 0 Å². The molecule has 0 saturated carbocycles. The number of benzene rings is 1. The van der Waals surface area contributed by atoms with Gasteiger partial charge in [0.15, 0.2) is 5.82 Å². The number of aromatic nitrogens is 2. The minimum absolute atomic E-state index is 0.336. The van der Waals surface area contributed by atoms with Gasteiger partial charge in [-0.2, -0.15) is 4.98 Å². The maximum atomic E-state index is 5.40. The van der Waals surface area contributed by atoms with Crippen molar-refractivity contribution in [3.8, 4) is 0 Å². The molecule has 2 N–H and O–H groups in total. The van der Waals surface area contributed by atoms with Crippen LogP contribution in [0.2, 0.25) is 0 Å². The Morgan fingerprint density at radius 1 is 1.12 bits per heavy atom. The van der Waals surface area contributed by atoms with Crippen LogP contribution in [0, 0.1) is 0 Å². The van der Waals surface area contributed by atoms with Gasteiger partial charge in [-0.15, -0.1) is 0 Å². The Morgan fingerprint density at radius 3 is 2.62 bits per heavy atom. The number of hydrogen-bond acceptors (Lipinski definition) is 4. The van der Waals surface area contributed by atoms with Crippen molar-refractivity contribution in [2.75, 3.05) is 0 Å². The molecule has 84 valence electrons. The zero-order chi connectivity index (χ0) is 11.2. The average molecular weight is 217 g/mol. The van der Waals surface area contributed by atoms with Crippen molar-refractivity contribution in [1.29, 1.82) is 0 Å². The molecule has 1 heterocycles. The standard InChI is InChI=1S/C12H15N3O/c13-9-11-14-12(16-15-11)8-4-7-10-5-2-1-3-6-10/h1-3,5-6H,4,7-9,13H2. The quantitative estimate of drug-likeness (QED) is 0.828. The third-order valence-corrected chi connectivity index (χ3v) is 2.39. The fraction of sp³-hybridized carbons (Fsp3) is 0.333. The minimum Gasteiger partial charge on any atom is -0.339 e. The first-order chi connectivity index (χ1) is 7.88. The molecule has 0 radical (unpaired) electrons. The average Bonchev–Trinajstić information content (AvgIpc) is 2.78. The van der Waals surface area contributed by atoms with E-state index in [0.717, 1.165) is 19.3 Å². The zero-order valence-electron chi connectivity index (χ0n) is 9.10. The van der Waals surface area contributed by atoms with Crippen LogP contribution in [-0.4, -0.2) is 10.1 Å². The largest absolute Gasteiger partial charge is 0.339 e. The van der Waals surface area contributed by atoms with Gasteiger partial charge in [0.2, 0.25) is 5.89 Å². The Morgan fingerprint density at radius 2 is 1.94 bits per heavy atom. The van der Waals surface area contributed by atoms with Gasteiger partial charge < -0.3 is 10.3 Å². The van der Waals surface area contributed by atoms with Gasteiger partial charge in [-0.25, -0.2) is 0 Å². The summed E-state index contributed by atoms with van der Waals surface area (Å²) in [6, 6.07) is 10.4. The molecule has 0 spiro atoms. The lowest BCUT2D eigenvalue weighted by Crippen LogP contribution is -1.98. The number of hydrogen-bond donors (Lipinski definition) is 1. The first kappa shape index (κ1) is 10.8. The predicted molar refractivity (Wildman–Crippen MR) is 60.7 cm³/mol. The van der Waals surface area contributed by atoms with E-state index in [1.54, 1.807) is 0 Å². The summed E-state index contributed by atoms with van der Waals surface area (Å²) >= 11 is 0. The number of nitrogens with zero attached hydrogens (tertiary/aromatic N) is 2. The van der Waals surface area contributed by atoms with Crippen molar-refractivity contribution in [2.24, 2.45) is 5.73 Å². The second kappa shape index (κ2) is 5.42. The summed E-state index contributed by atoms with van der Waals surface area (Å²) in [6.07, 6.45) is 2.85. The van der Waals surface area contributed by atoms with E-state index in [2.05, 4.69) is 34.4 Å². The smallest absolute Gasteiger partial charge is 0.226 e. The number of rotatable bonds is 5. The fourth-order valence-corrected chi connectivity index (χ4v) is 1.56. The Labute approximate surface area is 94.5 Å². The molecule has 1 aromatic carbocycles. The summed E-state index contributed by atoms with van der Waals surface area (Å²) in [5.41, 5.74) is 6.73. The van der Waals surface area contributed by atoms with E-state index in [4.69, 9.17) is 10.3 Å². The molecule has 0 aliphatic rings. The van der Waals surface area contributed by atoms with Crippen LogP contribution in [0.25, 0.3) is 0 Å². The molecule has 4 heteroatoms. The fourth-order valence-electron chi connectivity index (χ4n) is 1.56. The monoisotopic (exact) mass is 217 g/mol. The van der Waals surface area contributed by atoms with Crippen molar-refractivity contribution >= 4 is 0 Å². The molecule has 2 rings (SSSR count). The van der Waals surface area contributed by atoms with Crippen LogP contribution in [0.3, 0.4) is 0 Å². The topological polar surface area (TPSA) is 64.9 Å². The van der Waals surface area contributed by atoms with Crippen molar-refractivity contribution in [3.63, 3.8) is 0 Å². The van der Waals surface area contributed by atoms with Crippen LogP contribution in [0.4, 0.5) is 0 Å². The highest BCUT2D eigenvalue weighted by atomic mass is 16.5. The van der Waals surface area contributed by atoms with Crippen LogP contribution >= 0.6 is 0 Å².